The van der Waals surface area contributed by atoms with Gasteiger partial charge in [-0.05, 0) is 58.1 Å². The van der Waals surface area contributed by atoms with Gasteiger partial charge < -0.3 is 15.0 Å². The van der Waals surface area contributed by atoms with Gasteiger partial charge in [-0.25, -0.2) is 4.79 Å². The zero-order valence-corrected chi connectivity index (χ0v) is 15.9. The highest BCUT2D eigenvalue weighted by Gasteiger charge is 2.30. The molecule has 1 N–H and O–H groups in total. The lowest BCUT2D eigenvalue weighted by molar-refractivity contribution is -0.0615. The monoisotopic (exact) mass is 342 g/mol. The van der Waals surface area contributed by atoms with Gasteiger partial charge in [-0.1, -0.05) is 35.4 Å². The normalized spacial score (nSPS) is 23.1. The molecule has 25 heavy (non-hydrogen) atoms. The highest BCUT2D eigenvalue weighted by atomic mass is 16.5. The van der Waals surface area contributed by atoms with Crippen LogP contribution in [0.15, 0.2) is 24.3 Å². The molecule has 3 rings (SSSR count). The quantitative estimate of drug-likeness (QED) is 0.880. The molecule has 2 aliphatic heterocycles. The van der Waals surface area contributed by atoms with Crippen molar-refractivity contribution in [3.63, 3.8) is 0 Å². The Morgan fingerprint density at radius 2 is 1.96 bits per heavy atom. The lowest BCUT2D eigenvalue weighted by atomic mass is 9.94. The lowest BCUT2D eigenvalue weighted by Gasteiger charge is -2.37. The summed E-state index contributed by atoms with van der Waals surface area (Å²) in [4.78, 5) is 14.5. The van der Waals surface area contributed by atoms with E-state index < -0.39 is 0 Å². The highest BCUT2D eigenvalue weighted by Crippen LogP contribution is 2.26. The second-order valence-electron chi connectivity index (χ2n) is 8.05. The Bertz CT molecular complexity index is 658. The van der Waals surface area contributed by atoms with Crippen LogP contribution in [0, 0.1) is 13.8 Å². The number of nitrogens with one attached hydrogen (secondary N) is 1. The van der Waals surface area contributed by atoms with E-state index in [9.17, 15) is 4.79 Å². The SMILES string of the molecule is Cc1cc(C)cc(C2=CCN(C(=O)NC3CCOC(C)(C)C3)CC2)c1. The predicted octanol–water partition coefficient (Wildman–Crippen LogP) is 4.06. The maximum absolute atomic E-state index is 12.6. The fourth-order valence-corrected chi connectivity index (χ4v) is 3.90. The van der Waals surface area contributed by atoms with Crippen molar-refractivity contribution in [1.82, 2.24) is 10.2 Å². The standard InChI is InChI=1S/C21H30N2O2/c1-15-11-16(2)13-18(12-15)17-5-8-23(9-6-17)20(24)22-19-7-10-25-21(3,4)14-19/h5,11-13,19H,6-10,14H2,1-4H3,(H,22,24). The fraction of sp³-hybridized carbons (Fsp3) is 0.571. The van der Waals surface area contributed by atoms with Gasteiger partial charge in [0.2, 0.25) is 0 Å². The number of aryl methyl sites for hydroxylation is 2. The Kier molecular flexibility index (Phi) is 5.19. The van der Waals surface area contributed by atoms with Gasteiger partial charge in [-0.2, -0.15) is 0 Å². The molecule has 1 unspecified atom stereocenters. The molecule has 0 radical (unpaired) electrons. The van der Waals surface area contributed by atoms with E-state index >= 15 is 0 Å². The highest BCUT2D eigenvalue weighted by molar-refractivity contribution is 5.77. The molecule has 2 heterocycles. The van der Waals surface area contributed by atoms with Crippen LogP contribution in [-0.4, -0.2) is 42.3 Å². The molecule has 2 amide bonds. The summed E-state index contributed by atoms with van der Waals surface area (Å²) in [5.74, 6) is 0. The summed E-state index contributed by atoms with van der Waals surface area (Å²) in [6, 6.07) is 6.93. The zero-order chi connectivity index (χ0) is 18.0. The van der Waals surface area contributed by atoms with Gasteiger partial charge in [-0.3, -0.25) is 0 Å². The smallest absolute Gasteiger partial charge is 0.317 e. The first-order valence-corrected chi connectivity index (χ1v) is 9.29. The van der Waals surface area contributed by atoms with Crippen molar-refractivity contribution in [3.8, 4) is 0 Å². The summed E-state index contributed by atoms with van der Waals surface area (Å²) in [6.07, 6.45) is 4.88. The molecule has 1 aromatic rings. The van der Waals surface area contributed by atoms with E-state index in [1.54, 1.807) is 0 Å². The van der Waals surface area contributed by atoms with Crippen LogP contribution >= 0.6 is 0 Å². The molecule has 2 aliphatic rings. The zero-order valence-electron chi connectivity index (χ0n) is 15.9. The summed E-state index contributed by atoms with van der Waals surface area (Å²) in [7, 11) is 0. The number of hydrogen-bond acceptors (Lipinski definition) is 2. The largest absolute Gasteiger partial charge is 0.375 e. The van der Waals surface area contributed by atoms with Crippen molar-refractivity contribution in [1.29, 1.82) is 0 Å². The molecule has 1 fully saturated rings. The fourth-order valence-electron chi connectivity index (χ4n) is 3.90. The van der Waals surface area contributed by atoms with E-state index in [0.717, 1.165) is 25.8 Å². The summed E-state index contributed by atoms with van der Waals surface area (Å²) in [5.41, 5.74) is 5.08. The van der Waals surface area contributed by atoms with E-state index in [0.29, 0.717) is 13.2 Å². The molecule has 1 saturated heterocycles. The van der Waals surface area contributed by atoms with E-state index in [1.807, 2.05) is 4.90 Å². The van der Waals surface area contributed by atoms with Crippen molar-refractivity contribution >= 4 is 11.6 Å². The molecule has 4 nitrogen and oxygen atoms in total. The van der Waals surface area contributed by atoms with Crippen LogP contribution in [0.3, 0.4) is 0 Å². The molecular formula is C21H30N2O2. The van der Waals surface area contributed by atoms with Crippen LogP contribution in [0.5, 0.6) is 0 Å². The Balaban J connectivity index is 1.59. The van der Waals surface area contributed by atoms with Crippen molar-refractivity contribution < 1.29 is 9.53 Å². The Hall–Kier alpha value is -1.81. The minimum atomic E-state index is -0.145. The second-order valence-corrected chi connectivity index (χ2v) is 8.05. The number of rotatable bonds is 2. The summed E-state index contributed by atoms with van der Waals surface area (Å²) in [6.45, 7) is 10.6. The van der Waals surface area contributed by atoms with Gasteiger partial charge in [0.15, 0.2) is 0 Å². The van der Waals surface area contributed by atoms with Crippen LogP contribution in [-0.2, 0) is 4.74 Å². The van der Waals surface area contributed by atoms with Crippen LogP contribution < -0.4 is 5.32 Å². The Morgan fingerprint density at radius 1 is 1.24 bits per heavy atom. The van der Waals surface area contributed by atoms with Gasteiger partial charge in [0.25, 0.3) is 0 Å². The molecule has 4 heteroatoms. The third-order valence-electron chi connectivity index (χ3n) is 5.11. The minimum Gasteiger partial charge on any atom is -0.375 e. The number of urea groups is 1. The average Bonchev–Trinajstić information content (AvgIpc) is 2.53. The van der Waals surface area contributed by atoms with Crippen molar-refractivity contribution in [2.24, 2.45) is 0 Å². The molecule has 0 aromatic heterocycles. The molecule has 0 saturated carbocycles. The van der Waals surface area contributed by atoms with Crippen molar-refractivity contribution in [2.45, 2.75) is 58.6 Å². The number of amides is 2. The van der Waals surface area contributed by atoms with Crippen molar-refractivity contribution in [3.05, 3.63) is 41.0 Å². The maximum Gasteiger partial charge on any atom is 0.317 e. The second kappa shape index (κ2) is 7.20. The van der Waals surface area contributed by atoms with Gasteiger partial charge in [0.1, 0.15) is 0 Å². The molecular weight excluding hydrogens is 312 g/mol. The Labute approximate surface area is 151 Å². The van der Waals surface area contributed by atoms with Crippen LogP contribution in [0.2, 0.25) is 0 Å². The predicted molar refractivity (Wildman–Crippen MR) is 102 cm³/mol. The Morgan fingerprint density at radius 3 is 2.56 bits per heavy atom. The van der Waals surface area contributed by atoms with E-state index in [2.05, 4.69) is 57.3 Å². The molecule has 136 valence electrons. The van der Waals surface area contributed by atoms with Gasteiger partial charge in [0, 0.05) is 25.7 Å². The molecule has 0 bridgehead atoms. The number of carbonyl (C=O) groups is 1. The molecule has 1 aromatic carbocycles. The number of benzene rings is 1. The molecule has 1 atom stereocenters. The molecule has 0 aliphatic carbocycles. The van der Waals surface area contributed by atoms with Gasteiger partial charge >= 0.3 is 6.03 Å². The lowest BCUT2D eigenvalue weighted by Crippen LogP contribution is -2.50. The minimum absolute atomic E-state index is 0.0541. The van der Waals surface area contributed by atoms with E-state index in [-0.39, 0.29) is 17.7 Å². The summed E-state index contributed by atoms with van der Waals surface area (Å²) in [5, 5.41) is 3.19. The van der Waals surface area contributed by atoms with Crippen LogP contribution in [0.25, 0.3) is 5.57 Å². The third-order valence-corrected chi connectivity index (χ3v) is 5.11. The number of ether oxygens (including phenoxy) is 1. The number of carbonyl (C=O) groups excluding carboxylic acids is 1. The first-order valence-electron chi connectivity index (χ1n) is 9.29. The first kappa shape index (κ1) is 18.0. The number of nitrogens with zero attached hydrogens (tertiary/aromatic N) is 1. The van der Waals surface area contributed by atoms with E-state index in [1.165, 1.54) is 22.3 Å². The van der Waals surface area contributed by atoms with Crippen molar-refractivity contribution in [2.75, 3.05) is 19.7 Å². The summed E-state index contributed by atoms with van der Waals surface area (Å²) < 4.78 is 5.73. The summed E-state index contributed by atoms with van der Waals surface area (Å²) >= 11 is 0. The number of hydrogen-bond donors (Lipinski definition) is 1. The average molecular weight is 342 g/mol. The van der Waals surface area contributed by atoms with Crippen LogP contribution in [0.1, 0.15) is 49.8 Å². The van der Waals surface area contributed by atoms with Gasteiger partial charge in [0.05, 0.1) is 5.60 Å². The first-order chi connectivity index (χ1) is 11.8. The van der Waals surface area contributed by atoms with Gasteiger partial charge in [-0.15, -0.1) is 0 Å². The molecule has 0 spiro atoms. The maximum atomic E-state index is 12.6. The topological polar surface area (TPSA) is 41.6 Å². The van der Waals surface area contributed by atoms with E-state index in [4.69, 9.17) is 4.74 Å². The third kappa shape index (κ3) is 4.63. The van der Waals surface area contributed by atoms with Crippen LogP contribution in [0.4, 0.5) is 4.79 Å².